The van der Waals surface area contributed by atoms with Crippen LogP contribution in [0.15, 0.2) is 18.2 Å². The summed E-state index contributed by atoms with van der Waals surface area (Å²) in [5, 5.41) is 2.65. The summed E-state index contributed by atoms with van der Waals surface area (Å²) in [5.74, 6) is -0.376. The Balaban J connectivity index is 1.83. The highest BCUT2D eigenvalue weighted by atomic mass is 32.2. The maximum atomic E-state index is 12.2. The van der Waals surface area contributed by atoms with Gasteiger partial charge >= 0.3 is 0 Å². The Morgan fingerprint density at radius 1 is 1.13 bits per heavy atom. The largest absolute Gasteiger partial charge is 0.354 e. The smallest absolute Gasteiger partial charge is 0.261 e. The molecule has 1 aromatic carbocycles. The quantitative estimate of drug-likeness (QED) is 0.753. The number of rotatable bonds is 7. The zero-order chi connectivity index (χ0) is 17.0. The highest BCUT2D eigenvalue weighted by Crippen LogP contribution is 2.23. The van der Waals surface area contributed by atoms with E-state index in [-0.39, 0.29) is 42.3 Å². The predicted octanol–water partition coefficient (Wildman–Crippen LogP) is 1.03. The zero-order valence-corrected chi connectivity index (χ0v) is 13.9. The van der Waals surface area contributed by atoms with Crippen molar-refractivity contribution in [2.24, 2.45) is 0 Å². The molecule has 1 aliphatic heterocycles. The van der Waals surface area contributed by atoms with E-state index in [0.29, 0.717) is 16.9 Å². The number of hydrogen-bond donors (Lipinski definition) is 1. The molecule has 0 aliphatic carbocycles. The molecule has 122 valence electrons. The van der Waals surface area contributed by atoms with Gasteiger partial charge in [0.2, 0.25) is 5.91 Å². The highest BCUT2D eigenvalue weighted by Gasteiger charge is 2.34. The molecule has 0 radical (unpaired) electrons. The fourth-order valence-electron chi connectivity index (χ4n) is 2.25. The van der Waals surface area contributed by atoms with Crippen LogP contribution in [0.4, 0.5) is 0 Å². The first kappa shape index (κ1) is 17.2. The van der Waals surface area contributed by atoms with E-state index in [0.717, 1.165) is 10.5 Å². The normalized spacial score (nSPS) is 13.2. The molecule has 1 N–H and O–H groups in total. The lowest BCUT2D eigenvalue weighted by atomic mass is 10.1. The van der Waals surface area contributed by atoms with Crippen molar-refractivity contribution in [2.75, 3.05) is 24.6 Å². The maximum Gasteiger partial charge on any atom is 0.261 e. The molecule has 0 unspecified atom stereocenters. The average molecular weight is 334 g/mol. The van der Waals surface area contributed by atoms with Crippen molar-refractivity contribution < 1.29 is 19.2 Å². The number of imide groups is 1. The molecule has 0 bridgehead atoms. The number of ketones is 1. The molecule has 0 spiro atoms. The molecular formula is C16H18N2O4S. The van der Waals surface area contributed by atoms with Crippen molar-refractivity contribution in [2.45, 2.75) is 13.8 Å². The van der Waals surface area contributed by atoms with E-state index in [1.165, 1.54) is 18.7 Å². The van der Waals surface area contributed by atoms with Gasteiger partial charge < -0.3 is 5.32 Å². The van der Waals surface area contributed by atoms with Crippen molar-refractivity contribution in [3.63, 3.8) is 0 Å². The van der Waals surface area contributed by atoms with Crippen LogP contribution < -0.4 is 5.32 Å². The number of nitrogens with one attached hydrogen (secondary N) is 1. The standard InChI is InChI=1S/C16H18N2O4S/c1-10-3-4-12-13(7-10)16(22)18(15(12)21)6-5-17-14(20)9-23-8-11(2)19/h3-4,7H,5-6,8-9H2,1-2H3,(H,17,20). The molecule has 3 amide bonds. The number of fused-ring (bicyclic) bond motifs is 1. The first-order valence-electron chi connectivity index (χ1n) is 7.21. The maximum absolute atomic E-state index is 12.2. The van der Waals surface area contributed by atoms with Crippen molar-refractivity contribution in [1.29, 1.82) is 0 Å². The number of Topliss-reactive ketones (excluding diaryl/α,β-unsaturated/α-hetero) is 1. The molecule has 0 fully saturated rings. The molecule has 0 saturated carbocycles. The van der Waals surface area contributed by atoms with Crippen LogP contribution in [0.3, 0.4) is 0 Å². The number of amides is 3. The molecular weight excluding hydrogens is 316 g/mol. The third kappa shape index (κ3) is 4.19. The Hall–Kier alpha value is -2.15. The summed E-state index contributed by atoms with van der Waals surface area (Å²) in [5.41, 5.74) is 1.74. The SMILES string of the molecule is CC(=O)CSCC(=O)NCCN1C(=O)c2ccc(C)cc2C1=O. The van der Waals surface area contributed by atoms with Crippen molar-refractivity contribution in [3.8, 4) is 0 Å². The molecule has 0 aromatic heterocycles. The Labute approximate surface area is 138 Å². The van der Waals surface area contributed by atoms with Crippen LogP contribution >= 0.6 is 11.8 Å². The number of benzene rings is 1. The Morgan fingerprint density at radius 2 is 1.83 bits per heavy atom. The van der Waals surface area contributed by atoms with Gasteiger partial charge in [-0.2, -0.15) is 0 Å². The summed E-state index contributed by atoms with van der Waals surface area (Å²) in [6.07, 6.45) is 0. The van der Waals surface area contributed by atoms with E-state index >= 15 is 0 Å². The number of hydrogen-bond acceptors (Lipinski definition) is 5. The molecule has 1 heterocycles. The first-order chi connectivity index (χ1) is 10.9. The van der Waals surface area contributed by atoms with Crippen LogP contribution in [0.1, 0.15) is 33.2 Å². The van der Waals surface area contributed by atoms with Gasteiger partial charge in [0.25, 0.3) is 11.8 Å². The summed E-state index contributed by atoms with van der Waals surface area (Å²) in [6.45, 7) is 3.66. The zero-order valence-electron chi connectivity index (χ0n) is 13.0. The second-order valence-corrected chi connectivity index (χ2v) is 6.34. The third-order valence-electron chi connectivity index (χ3n) is 3.32. The van der Waals surface area contributed by atoms with Gasteiger partial charge in [0.05, 0.1) is 22.6 Å². The highest BCUT2D eigenvalue weighted by molar-refractivity contribution is 8.00. The minimum Gasteiger partial charge on any atom is -0.354 e. The molecule has 1 aromatic rings. The minimum absolute atomic E-state index is 0.0177. The average Bonchev–Trinajstić information content (AvgIpc) is 2.71. The Bertz CT molecular complexity index is 672. The second kappa shape index (κ2) is 7.41. The number of carbonyl (C=O) groups is 4. The lowest BCUT2D eigenvalue weighted by molar-refractivity contribution is -0.118. The van der Waals surface area contributed by atoms with E-state index in [2.05, 4.69) is 5.32 Å². The number of aryl methyl sites for hydroxylation is 1. The van der Waals surface area contributed by atoms with E-state index in [9.17, 15) is 19.2 Å². The van der Waals surface area contributed by atoms with E-state index in [4.69, 9.17) is 0 Å². The van der Waals surface area contributed by atoms with Crippen LogP contribution in [-0.4, -0.2) is 53.0 Å². The summed E-state index contributed by atoms with van der Waals surface area (Å²) < 4.78 is 0. The molecule has 6 nitrogen and oxygen atoms in total. The van der Waals surface area contributed by atoms with E-state index in [1.54, 1.807) is 18.2 Å². The summed E-state index contributed by atoms with van der Waals surface area (Å²) in [6, 6.07) is 5.15. The first-order valence-corrected chi connectivity index (χ1v) is 8.36. The van der Waals surface area contributed by atoms with Crippen LogP contribution in [0.5, 0.6) is 0 Å². The molecule has 0 saturated heterocycles. The van der Waals surface area contributed by atoms with Gasteiger partial charge in [-0.05, 0) is 26.0 Å². The van der Waals surface area contributed by atoms with Crippen molar-refractivity contribution in [3.05, 3.63) is 34.9 Å². The second-order valence-electron chi connectivity index (χ2n) is 5.36. The van der Waals surface area contributed by atoms with Crippen LogP contribution in [0.2, 0.25) is 0 Å². The lowest BCUT2D eigenvalue weighted by Gasteiger charge is -2.14. The molecule has 7 heteroatoms. The van der Waals surface area contributed by atoms with E-state index in [1.807, 2.05) is 6.92 Å². The number of carbonyl (C=O) groups excluding carboxylic acids is 4. The van der Waals surface area contributed by atoms with Crippen LogP contribution in [0.25, 0.3) is 0 Å². The molecule has 1 aliphatic rings. The minimum atomic E-state index is -0.329. The van der Waals surface area contributed by atoms with Gasteiger partial charge in [-0.3, -0.25) is 24.1 Å². The fourth-order valence-corrected chi connectivity index (χ4v) is 2.93. The van der Waals surface area contributed by atoms with Gasteiger partial charge in [0, 0.05) is 13.1 Å². The molecule has 23 heavy (non-hydrogen) atoms. The van der Waals surface area contributed by atoms with Crippen LogP contribution in [-0.2, 0) is 9.59 Å². The summed E-state index contributed by atoms with van der Waals surface area (Å²) in [4.78, 5) is 47.9. The lowest BCUT2D eigenvalue weighted by Crippen LogP contribution is -2.38. The van der Waals surface area contributed by atoms with Gasteiger partial charge in [0.15, 0.2) is 0 Å². The number of nitrogens with zero attached hydrogens (tertiary/aromatic N) is 1. The Kier molecular flexibility index (Phi) is 5.54. The monoisotopic (exact) mass is 334 g/mol. The summed E-state index contributed by atoms with van der Waals surface area (Å²) >= 11 is 1.24. The van der Waals surface area contributed by atoms with Gasteiger partial charge in [-0.1, -0.05) is 11.6 Å². The van der Waals surface area contributed by atoms with Crippen molar-refractivity contribution in [1.82, 2.24) is 10.2 Å². The van der Waals surface area contributed by atoms with E-state index < -0.39 is 0 Å². The topological polar surface area (TPSA) is 83.6 Å². The number of thioether (sulfide) groups is 1. The fraction of sp³-hybridized carbons (Fsp3) is 0.375. The van der Waals surface area contributed by atoms with Gasteiger partial charge in [-0.15, -0.1) is 11.8 Å². The van der Waals surface area contributed by atoms with Gasteiger partial charge in [0.1, 0.15) is 5.78 Å². The molecule has 2 rings (SSSR count). The third-order valence-corrected chi connectivity index (χ3v) is 4.40. The van der Waals surface area contributed by atoms with Gasteiger partial charge in [-0.25, -0.2) is 0 Å². The summed E-state index contributed by atoms with van der Waals surface area (Å²) in [7, 11) is 0. The predicted molar refractivity (Wildman–Crippen MR) is 87.6 cm³/mol. The molecule has 0 atom stereocenters. The van der Waals surface area contributed by atoms with Crippen molar-refractivity contribution >= 4 is 35.3 Å². The van der Waals surface area contributed by atoms with Crippen LogP contribution in [0, 0.1) is 6.92 Å². The Morgan fingerprint density at radius 3 is 2.52 bits per heavy atom.